The van der Waals surface area contributed by atoms with Crippen LogP contribution in [0.2, 0.25) is 0 Å². The van der Waals surface area contributed by atoms with E-state index in [0.717, 1.165) is 13.1 Å². The molecule has 0 aromatic heterocycles. The highest BCUT2D eigenvalue weighted by atomic mass is 15.1. The summed E-state index contributed by atoms with van der Waals surface area (Å²) in [7, 11) is 4.28. The van der Waals surface area contributed by atoms with Crippen LogP contribution in [-0.4, -0.2) is 38.1 Å². The lowest BCUT2D eigenvalue weighted by atomic mass is 9.84. The third-order valence-corrected chi connectivity index (χ3v) is 4.59. The van der Waals surface area contributed by atoms with E-state index < -0.39 is 0 Å². The van der Waals surface area contributed by atoms with Crippen molar-refractivity contribution in [2.24, 2.45) is 0 Å². The van der Waals surface area contributed by atoms with Gasteiger partial charge in [-0.25, -0.2) is 0 Å². The van der Waals surface area contributed by atoms with Crippen molar-refractivity contribution < 1.29 is 0 Å². The Morgan fingerprint density at radius 2 is 1.76 bits per heavy atom. The van der Waals surface area contributed by atoms with Gasteiger partial charge in [0.05, 0.1) is 0 Å². The number of fused-ring (bicyclic) bond motifs is 1. The highest BCUT2D eigenvalue weighted by Gasteiger charge is 2.19. The van der Waals surface area contributed by atoms with E-state index in [4.69, 9.17) is 0 Å². The fourth-order valence-electron chi connectivity index (χ4n) is 3.07. The van der Waals surface area contributed by atoms with Crippen LogP contribution in [0.5, 0.6) is 0 Å². The summed E-state index contributed by atoms with van der Waals surface area (Å²) >= 11 is 0. The van der Waals surface area contributed by atoms with Crippen LogP contribution in [0.4, 0.5) is 0 Å². The molecule has 1 aromatic rings. The number of benzene rings is 1. The molecule has 118 valence electrons. The van der Waals surface area contributed by atoms with Gasteiger partial charge in [-0.3, -0.25) is 0 Å². The molecule has 0 saturated heterocycles. The summed E-state index contributed by atoms with van der Waals surface area (Å²) in [5.74, 6) is 0. The Hall–Kier alpha value is -0.860. The molecule has 1 aromatic carbocycles. The molecule has 2 nitrogen and oxygen atoms in total. The largest absolute Gasteiger partial charge is 0.313 e. The Kier molecular flexibility index (Phi) is 5.45. The molecule has 1 N–H and O–H groups in total. The molecule has 0 radical (unpaired) electrons. The van der Waals surface area contributed by atoms with E-state index in [1.54, 1.807) is 11.1 Å². The monoisotopic (exact) mass is 288 g/mol. The highest BCUT2D eigenvalue weighted by molar-refractivity contribution is 5.36. The molecule has 21 heavy (non-hydrogen) atoms. The third kappa shape index (κ3) is 4.82. The van der Waals surface area contributed by atoms with Gasteiger partial charge in [0.15, 0.2) is 0 Å². The van der Waals surface area contributed by atoms with Gasteiger partial charge in [0.25, 0.3) is 0 Å². The zero-order valence-corrected chi connectivity index (χ0v) is 14.5. The molecule has 1 atom stereocenters. The first-order chi connectivity index (χ1) is 9.86. The minimum atomic E-state index is 0.255. The van der Waals surface area contributed by atoms with E-state index in [9.17, 15) is 0 Å². The van der Waals surface area contributed by atoms with Gasteiger partial charge in [-0.15, -0.1) is 0 Å². The van der Waals surface area contributed by atoms with Gasteiger partial charge in [-0.05, 0) is 61.9 Å². The van der Waals surface area contributed by atoms with E-state index in [1.807, 2.05) is 0 Å². The molecule has 0 saturated carbocycles. The molecule has 0 heterocycles. The Bertz CT molecular complexity index is 457. The van der Waals surface area contributed by atoms with Gasteiger partial charge < -0.3 is 10.2 Å². The maximum Gasteiger partial charge on any atom is 0.0101 e. The van der Waals surface area contributed by atoms with E-state index in [1.165, 1.54) is 31.2 Å². The zero-order chi connectivity index (χ0) is 15.5. The van der Waals surface area contributed by atoms with Crippen LogP contribution >= 0.6 is 0 Å². The first kappa shape index (κ1) is 16.5. The number of rotatable bonds is 4. The second kappa shape index (κ2) is 6.93. The van der Waals surface area contributed by atoms with Crippen LogP contribution < -0.4 is 5.32 Å². The molecule has 1 unspecified atom stereocenters. The fraction of sp³-hybridized carbons (Fsp3) is 0.684. The Morgan fingerprint density at radius 1 is 1.10 bits per heavy atom. The van der Waals surface area contributed by atoms with E-state index in [0.29, 0.717) is 6.04 Å². The first-order valence-electron chi connectivity index (χ1n) is 8.36. The van der Waals surface area contributed by atoms with Crippen LogP contribution in [-0.2, 0) is 18.3 Å². The second-order valence-corrected chi connectivity index (χ2v) is 7.77. The predicted octanol–water partition coefficient (Wildman–Crippen LogP) is 3.38. The molecule has 0 bridgehead atoms. The van der Waals surface area contributed by atoms with Crippen molar-refractivity contribution in [2.75, 3.05) is 27.2 Å². The number of aryl methyl sites for hydroxylation is 2. The average Bonchev–Trinajstić information content (AvgIpc) is 2.59. The molecule has 0 fully saturated rings. The van der Waals surface area contributed by atoms with Crippen molar-refractivity contribution in [3.63, 3.8) is 0 Å². The lowest BCUT2D eigenvalue weighted by Gasteiger charge is -2.21. The molecule has 0 spiro atoms. The number of nitrogens with one attached hydrogen (secondary N) is 1. The zero-order valence-electron chi connectivity index (χ0n) is 14.5. The lowest BCUT2D eigenvalue weighted by molar-refractivity contribution is 0.372. The molecular weight excluding hydrogens is 256 g/mol. The molecule has 2 heteroatoms. The Balaban J connectivity index is 1.97. The fourth-order valence-corrected chi connectivity index (χ4v) is 3.07. The lowest BCUT2D eigenvalue weighted by Crippen LogP contribution is -2.35. The van der Waals surface area contributed by atoms with Crippen molar-refractivity contribution in [3.8, 4) is 0 Å². The van der Waals surface area contributed by atoms with E-state index in [2.05, 4.69) is 63.3 Å². The Labute approximate surface area is 130 Å². The number of likely N-dealkylation sites (N-methyl/N-ethyl adjacent to an activating group) is 1. The standard InChI is InChI=1S/C19H32N2/c1-19(2,3)17-9-6-15-7-10-18(11-8-16(15)14-17)20-12-13-21(4)5/h6,9,14,18,20H,7-8,10-13H2,1-5H3. The second-order valence-electron chi connectivity index (χ2n) is 7.77. The van der Waals surface area contributed by atoms with E-state index in [-0.39, 0.29) is 5.41 Å². The molecule has 0 aliphatic heterocycles. The SMILES string of the molecule is CN(C)CCNC1CCc2ccc(C(C)(C)C)cc2CC1. The first-order valence-corrected chi connectivity index (χ1v) is 8.36. The number of nitrogens with zero attached hydrogens (tertiary/aromatic N) is 1. The minimum Gasteiger partial charge on any atom is -0.313 e. The van der Waals surface area contributed by atoms with Crippen molar-refractivity contribution >= 4 is 0 Å². The summed E-state index contributed by atoms with van der Waals surface area (Å²) in [5.41, 5.74) is 4.88. The van der Waals surface area contributed by atoms with Crippen molar-refractivity contribution in [3.05, 3.63) is 34.9 Å². The van der Waals surface area contributed by atoms with Crippen molar-refractivity contribution in [1.29, 1.82) is 0 Å². The predicted molar refractivity (Wildman–Crippen MR) is 92.1 cm³/mol. The normalized spacial score (nSPS) is 19.4. The highest BCUT2D eigenvalue weighted by Crippen LogP contribution is 2.28. The number of hydrogen-bond donors (Lipinski definition) is 1. The van der Waals surface area contributed by atoms with Gasteiger partial charge in [0.1, 0.15) is 0 Å². The van der Waals surface area contributed by atoms with Crippen molar-refractivity contribution in [1.82, 2.24) is 10.2 Å². The smallest absolute Gasteiger partial charge is 0.0101 e. The van der Waals surface area contributed by atoms with E-state index >= 15 is 0 Å². The Morgan fingerprint density at radius 3 is 2.38 bits per heavy atom. The quantitative estimate of drug-likeness (QED) is 0.855. The van der Waals surface area contributed by atoms with Crippen LogP contribution in [0, 0.1) is 0 Å². The van der Waals surface area contributed by atoms with Gasteiger partial charge in [-0.1, -0.05) is 39.0 Å². The summed E-state index contributed by atoms with van der Waals surface area (Å²) in [6.45, 7) is 9.13. The summed E-state index contributed by atoms with van der Waals surface area (Å²) in [6.07, 6.45) is 4.99. The molecular formula is C19H32N2. The summed E-state index contributed by atoms with van der Waals surface area (Å²) < 4.78 is 0. The van der Waals surface area contributed by atoms with Crippen LogP contribution in [0.15, 0.2) is 18.2 Å². The summed E-state index contributed by atoms with van der Waals surface area (Å²) in [5, 5.41) is 3.73. The summed E-state index contributed by atoms with van der Waals surface area (Å²) in [4.78, 5) is 2.24. The molecule has 1 aliphatic rings. The van der Waals surface area contributed by atoms with Crippen LogP contribution in [0.1, 0.15) is 50.3 Å². The number of hydrogen-bond acceptors (Lipinski definition) is 2. The maximum absolute atomic E-state index is 3.73. The van der Waals surface area contributed by atoms with Gasteiger partial charge in [0, 0.05) is 19.1 Å². The van der Waals surface area contributed by atoms with Gasteiger partial charge in [-0.2, -0.15) is 0 Å². The average molecular weight is 288 g/mol. The third-order valence-electron chi connectivity index (χ3n) is 4.59. The maximum atomic E-state index is 3.73. The minimum absolute atomic E-state index is 0.255. The van der Waals surface area contributed by atoms with Crippen LogP contribution in [0.3, 0.4) is 0 Å². The van der Waals surface area contributed by atoms with Gasteiger partial charge >= 0.3 is 0 Å². The molecule has 2 rings (SSSR count). The van der Waals surface area contributed by atoms with Crippen LogP contribution in [0.25, 0.3) is 0 Å². The molecule has 0 amide bonds. The topological polar surface area (TPSA) is 15.3 Å². The van der Waals surface area contributed by atoms with Crippen molar-refractivity contribution in [2.45, 2.75) is 57.9 Å². The van der Waals surface area contributed by atoms with Gasteiger partial charge in [0.2, 0.25) is 0 Å². The summed E-state index contributed by atoms with van der Waals surface area (Å²) in [6, 6.07) is 7.84. The molecule has 1 aliphatic carbocycles.